The van der Waals surface area contributed by atoms with Crippen LogP contribution in [0, 0.1) is 0 Å². The molecule has 0 saturated heterocycles. The van der Waals surface area contributed by atoms with Crippen molar-refractivity contribution in [3.05, 3.63) is 71.8 Å². The lowest BCUT2D eigenvalue weighted by Crippen LogP contribution is -2.38. The second-order valence-corrected chi connectivity index (χ2v) is 5.20. The first-order valence-corrected chi connectivity index (χ1v) is 7.77. The van der Waals surface area contributed by atoms with Gasteiger partial charge in [-0.2, -0.15) is 0 Å². The van der Waals surface area contributed by atoms with Crippen LogP contribution in [0.4, 0.5) is 0 Å². The van der Waals surface area contributed by atoms with Gasteiger partial charge in [0.05, 0.1) is 6.61 Å². The molecule has 0 aliphatic heterocycles. The molecule has 0 fully saturated rings. The maximum atomic E-state index is 12.1. The van der Waals surface area contributed by atoms with Crippen molar-refractivity contribution in [1.82, 2.24) is 5.32 Å². The van der Waals surface area contributed by atoms with Crippen LogP contribution in [0.3, 0.4) is 0 Å². The van der Waals surface area contributed by atoms with E-state index in [2.05, 4.69) is 17.4 Å². The topological polar surface area (TPSA) is 38.3 Å². The summed E-state index contributed by atoms with van der Waals surface area (Å²) in [5, 5.41) is 3.32. The van der Waals surface area contributed by atoms with Crippen LogP contribution >= 0.6 is 12.4 Å². The lowest BCUT2D eigenvalue weighted by molar-refractivity contribution is -0.145. The van der Waals surface area contributed by atoms with E-state index in [0.717, 1.165) is 18.4 Å². The number of ether oxygens (including phenoxy) is 1. The number of carbonyl (C=O) groups is 1. The van der Waals surface area contributed by atoms with Gasteiger partial charge in [0.15, 0.2) is 0 Å². The highest BCUT2D eigenvalue weighted by atomic mass is 35.5. The number of hydrogen-bond acceptors (Lipinski definition) is 3. The standard InChI is InChI=1S/C19H23NO2.ClH/c1-2-22-19(21)18(14-13-16-9-5-3-6-10-16)20-15-17-11-7-4-8-12-17;/h3-12,18,20H,2,13-15H2,1H3;1H/t18-;/m1./s1. The third-order valence-corrected chi connectivity index (χ3v) is 3.53. The monoisotopic (exact) mass is 333 g/mol. The zero-order valence-electron chi connectivity index (χ0n) is 13.4. The second kappa shape index (κ2) is 10.8. The van der Waals surface area contributed by atoms with E-state index in [0.29, 0.717) is 13.2 Å². The molecule has 0 radical (unpaired) electrons. The number of rotatable bonds is 8. The fraction of sp³-hybridized carbons (Fsp3) is 0.316. The molecule has 0 aromatic heterocycles. The molecule has 3 nitrogen and oxygen atoms in total. The third-order valence-electron chi connectivity index (χ3n) is 3.53. The summed E-state index contributed by atoms with van der Waals surface area (Å²) < 4.78 is 5.18. The summed E-state index contributed by atoms with van der Waals surface area (Å²) in [5.74, 6) is -0.172. The smallest absolute Gasteiger partial charge is 0.323 e. The van der Waals surface area contributed by atoms with Crippen molar-refractivity contribution in [3.8, 4) is 0 Å². The van der Waals surface area contributed by atoms with E-state index in [1.807, 2.05) is 55.5 Å². The lowest BCUT2D eigenvalue weighted by Gasteiger charge is -2.17. The SMILES string of the molecule is CCOC(=O)[C@@H](CCc1ccccc1)NCc1ccccc1.Cl. The molecule has 0 aliphatic rings. The molecule has 0 heterocycles. The van der Waals surface area contributed by atoms with Crippen LogP contribution in [-0.2, 0) is 22.5 Å². The van der Waals surface area contributed by atoms with Gasteiger partial charge in [-0.05, 0) is 30.9 Å². The van der Waals surface area contributed by atoms with E-state index in [1.54, 1.807) is 0 Å². The molecule has 2 aromatic carbocycles. The third kappa shape index (κ3) is 6.85. The van der Waals surface area contributed by atoms with Gasteiger partial charge in [0.1, 0.15) is 6.04 Å². The highest BCUT2D eigenvalue weighted by Crippen LogP contribution is 2.08. The second-order valence-electron chi connectivity index (χ2n) is 5.20. The van der Waals surface area contributed by atoms with Crippen LogP contribution in [0.5, 0.6) is 0 Å². The van der Waals surface area contributed by atoms with E-state index in [4.69, 9.17) is 4.74 Å². The number of aryl methyl sites for hydroxylation is 1. The van der Waals surface area contributed by atoms with Gasteiger partial charge in [0.25, 0.3) is 0 Å². The summed E-state index contributed by atoms with van der Waals surface area (Å²) in [6.07, 6.45) is 1.59. The zero-order valence-corrected chi connectivity index (χ0v) is 14.2. The lowest BCUT2D eigenvalue weighted by atomic mass is 10.0. The molecule has 23 heavy (non-hydrogen) atoms. The first-order chi connectivity index (χ1) is 10.8. The largest absolute Gasteiger partial charge is 0.465 e. The average Bonchev–Trinajstić information content (AvgIpc) is 2.57. The number of carbonyl (C=O) groups excluding carboxylic acids is 1. The van der Waals surface area contributed by atoms with E-state index < -0.39 is 0 Å². The molecule has 0 amide bonds. The van der Waals surface area contributed by atoms with Crippen LogP contribution in [0.2, 0.25) is 0 Å². The summed E-state index contributed by atoms with van der Waals surface area (Å²) in [6.45, 7) is 2.91. The van der Waals surface area contributed by atoms with Crippen molar-refractivity contribution in [3.63, 3.8) is 0 Å². The van der Waals surface area contributed by atoms with Crippen LogP contribution in [0.15, 0.2) is 60.7 Å². The van der Waals surface area contributed by atoms with Gasteiger partial charge in [0.2, 0.25) is 0 Å². The number of halogens is 1. The van der Waals surface area contributed by atoms with Crippen molar-refractivity contribution in [2.45, 2.75) is 32.4 Å². The zero-order chi connectivity index (χ0) is 15.6. The van der Waals surface area contributed by atoms with Crippen molar-refractivity contribution < 1.29 is 9.53 Å². The quantitative estimate of drug-likeness (QED) is 0.747. The summed E-state index contributed by atoms with van der Waals surface area (Å²) in [4.78, 5) is 12.1. The average molecular weight is 334 g/mol. The van der Waals surface area contributed by atoms with Gasteiger partial charge in [0, 0.05) is 6.54 Å². The van der Waals surface area contributed by atoms with Crippen LogP contribution < -0.4 is 5.32 Å². The van der Waals surface area contributed by atoms with Gasteiger partial charge >= 0.3 is 5.97 Å². The summed E-state index contributed by atoms with van der Waals surface area (Å²) >= 11 is 0. The molecule has 1 N–H and O–H groups in total. The maximum Gasteiger partial charge on any atom is 0.323 e. The molecule has 1 atom stereocenters. The minimum Gasteiger partial charge on any atom is -0.465 e. The van der Waals surface area contributed by atoms with Crippen molar-refractivity contribution >= 4 is 18.4 Å². The van der Waals surface area contributed by atoms with Gasteiger partial charge in [-0.25, -0.2) is 0 Å². The Bertz CT molecular complexity index is 517. The fourth-order valence-corrected chi connectivity index (χ4v) is 2.34. The Morgan fingerprint density at radius 1 is 1.00 bits per heavy atom. The molecule has 2 rings (SSSR count). The minimum atomic E-state index is -0.277. The van der Waals surface area contributed by atoms with E-state index in [9.17, 15) is 4.79 Å². The van der Waals surface area contributed by atoms with E-state index in [1.165, 1.54) is 5.56 Å². The molecule has 0 bridgehead atoms. The molecular formula is C19H24ClNO2. The van der Waals surface area contributed by atoms with Gasteiger partial charge < -0.3 is 10.1 Å². The van der Waals surface area contributed by atoms with Crippen LogP contribution in [0.25, 0.3) is 0 Å². The van der Waals surface area contributed by atoms with Crippen molar-refractivity contribution in [2.24, 2.45) is 0 Å². The molecule has 124 valence electrons. The fourth-order valence-electron chi connectivity index (χ4n) is 2.34. The normalized spacial score (nSPS) is 11.3. The van der Waals surface area contributed by atoms with Crippen molar-refractivity contribution in [2.75, 3.05) is 6.61 Å². The summed E-state index contributed by atoms with van der Waals surface area (Å²) in [5.41, 5.74) is 2.40. The van der Waals surface area contributed by atoms with Gasteiger partial charge in [-0.3, -0.25) is 4.79 Å². The molecule has 0 aliphatic carbocycles. The van der Waals surface area contributed by atoms with Crippen molar-refractivity contribution in [1.29, 1.82) is 0 Å². The Hall–Kier alpha value is -1.84. The predicted molar refractivity (Wildman–Crippen MR) is 95.7 cm³/mol. The van der Waals surface area contributed by atoms with Crippen LogP contribution in [0.1, 0.15) is 24.5 Å². The molecule has 4 heteroatoms. The number of esters is 1. The molecule has 0 unspecified atom stereocenters. The van der Waals surface area contributed by atoms with E-state index in [-0.39, 0.29) is 24.4 Å². The van der Waals surface area contributed by atoms with Gasteiger partial charge in [-0.1, -0.05) is 60.7 Å². The van der Waals surface area contributed by atoms with E-state index >= 15 is 0 Å². The first-order valence-electron chi connectivity index (χ1n) is 7.77. The molecular weight excluding hydrogens is 310 g/mol. The highest BCUT2D eigenvalue weighted by Gasteiger charge is 2.18. The Kier molecular flexibility index (Phi) is 9.03. The summed E-state index contributed by atoms with van der Waals surface area (Å²) in [6, 6.07) is 20.0. The van der Waals surface area contributed by atoms with Crippen LogP contribution in [-0.4, -0.2) is 18.6 Å². The number of benzene rings is 2. The molecule has 0 saturated carbocycles. The predicted octanol–water partition coefficient (Wildman–Crippen LogP) is 3.76. The Balaban J connectivity index is 0.00000264. The first kappa shape index (κ1) is 19.2. The highest BCUT2D eigenvalue weighted by molar-refractivity contribution is 5.85. The molecule has 0 spiro atoms. The van der Waals surface area contributed by atoms with Gasteiger partial charge in [-0.15, -0.1) is 12.4 Å². The number of nitrogens with one attached hydrogen (secondary N) is 1. The Labute approximate surface area is 144 Å². The number of hydrogen-bond donors (Lipinski definition) is 1. The molecule has 2 aromatic rings. The summed E-state index contributed by atoms with van der Waals surface area (Å²) in [7, 11) is 0. The Morgan fingerprint density at radius 3 is 2.13 bits per heavy atom. The Morgan fingerprint density at radius 2 is 1.57 bits per heavy atom. The maximum absolute atomic E-state index is 12.1. The minimum absolute atomic E-state index is 0.